The summed E-state index contributed by atoms with van der Waals surface area (Å²) in [6.07, 6.45) is 2.00. The third-order valence-electron chi connectivity index (χ3n) is 6.68. The largest absolute Gasteiger partial charge is 0.508 e. The molecule has 0 bridgehead atoms. The number of ether oxygens (including phenoxy) is 1. The smallest absolute Gasteiger partial charge is 0.423 e. The first-order valence-corrected chi connectivity index (χ1v) is 11.2. The molecule has 178 valence electrons. The van der Waals surface area contributed by atoms with E-state index < -0.39 is 48.4 Å². The lowest BCUT2D eigenvalue weighted by molar-refractivity contribution is -0.137. The van der Waals surface area contributed by atoms with Crippen LogP contribution in [-0.2, 0) is 14.3 Å². The number of benzene rings is 1. The SMILES string of the molecule is CC/C(=C\c1cccc(O)c1)CC[C@@H](O)C1=C(C)C[C@H]2C(=O)N(C(=O)OC)C(=O)[C@H]2[C@H]1CO. The van der Waals surface area contributed by atoms with Gasteiger partial charge in [0.2, 0.25) is 11.8 Å². The number of hydrogen-bond donors (Lipinski definition) is 3. The molecule has 3 N–H and O–H groups in total. The molecule has 0 spiro atoms. The Morgan fingerprint density at radius 1 is 1.30 bits per heavy atom. The molecule has 0 radical (unpaired) electrons. The van der Waals surface area contributed by atoms with Crippen LogP contribution < -0.4 is 0 Å². The van der Waals surface area contributed by atoms with Crippen molar-refractivity contribution in [2.24, 2.45) is 17.8 Å². The summed E-state index contributed by atoms with van der Waals surface area (Å²) in [5.41, 5.74) is 3.27. The van der Waals surface area contributed by atoms with Crippen molar-refractivity contribution >= 4 is 24.0 Å². The number of aliphatic hydroxyl groups is 2. The number of imide groups is 3. The summed E-state index contributed by atoms with van der Waals surface area (Å²) in [6, 6.07) is 6.91. The number of allylic oxidation sites excluding steroid dienone is 2. The second-order valence-electron chi connectivity index (χ2n) is 8.65. The summed E-state index contributed by atoms with van der Waals surface area (Å²) >= 11 is 0. The first-order valence-electron chi connectivity index (χ1n) is 11.2. The van der Waals surface area contributed by atoms with Gasteiger partial charge in [-0.05, 0) is 55.9 Å². The van der Waals surface area contributed by atoms with Gasteiger partial charge in [-0.3, -0.25) is 9.59 Å². The van der Waals surface area contributed by atoms with Crippen LogP contribution in [0.25, 0.3) is 6.08 Å². The van der Waals surface area contributed by atoms with E-state index in [0.29, 0.717) is 23.3 Å². The van der Waals surface area contributed by atoms with Crippen LogP contribution in [0.15, 0.2) is 41.0 Å². The molecular weight excluding hydrogens is 426 g/mol. The van der Waals surface area contributed by atoms with Crippen molar-refractivity contribution < 1.29 is 34.4 Å². The van der Waals surface area contributed by atoms with Crippen LogP contribution in [0, 0.1) is 17.8 Å². The Morgan fingerprint density at radius 2 is 2.03 bits per heavy atom. The zero-order valence-electron chi connectivity index (χ0n) is 19.2. The number of carbonyl (C=O) groups excluding carboxylic acids is 3. The maximum Gasteiger partial charge on any atom is 0.423 e. The van der Waals surface area contributed by atoms with Crippen LogP contribution in [0.2, 0.25) is 0 Å². The van der Waals surface area contributed by atoms with Gasteiger partial charge in [-0.15, -0.1) is 0 Å². The van der Waals surface area contributed by atoms with E-state index >= 15 is 0 Å². The highest BCUT2D eigenvalue weighted by molar-refractivity contribution is 6.15. The molecule has 3 rings (SSSR count). The van der Waals surface area contributed by atoms with Gasteiger partial charge in [0, 0.05) is 5.92 Å². The Morgan fingerprint density at radius 3 is 2.64 bits per heavy atom. The lowest BCUT2D eigenvalue weighted by Crippen LogP contribution is -2.39. The Bertz CT molecular complexity index is 996. The number of likely N-dealkylation sites (tertiary alicyclic amines) is 1. The number of carbonyl (C=O) groups is 3. The van der Waals surface area contributed by atoms with Gasteiger partial charge in [-0.2, -0.15) is 4.90 Å². The van der Waals surface area contributed by atoms with Gasteiger partial charge in [-0.1, -0.05) is 36.3 Å². The maximum absolute atomic E-state index is 12.9. The van der Waals surface area contributed by atoms with Crippen LogP contribution in [0.5, 0.6) is 5.75 Å². The normalized spacial score (nSPS) is 24.2. The Hall–Kier alpha value is -2.97. The van der Waals surface area contributed by atoms with Crippen LogP contribution in [-0.4, -0.2) is 57.9 Å². The first-order chi connectivity index (χ1) is 15.7. The highest BCUT2D eigenvalue weighted by atomic mass is 16.5. The lowest BCUT2D eigenvalue weighted by Gasteiger charge is -2.35. The molecular formula is C25H31NO7. The van der Waals surface area contributed by atoms with Crippen molar-refractivity contribution in [3.05, 3.63) is 46.5 Å². The van der Waals surface area contributed by atoms with E-state index in [0.717, 1.165) is 30.2 Å². The zero-order valence-corrected chi connectivity index (χ0v) is 19.2. The summed E-state index contributed by atoms with van der Waals surface area (Å²) in [4.78, 5) is 38.1. The van der Waals surface area contributed by atoms with Crippen molar-refractivity contribution in [1.29, 1.82) is 0 Å². The van der Waals surface area contributed by atoms with Crippen molar-refractivity contribution in [1.82, 2.24) is 4.90 Å². The zero-order chi connectivity index (χ0) is 24.3. The number of fused-ring (bicyclic) bond motifs is 1. The van der Waals surface area contributed by atoms with Crippen LogP contribution in [0.3, 0.4) is 0 Å². The second-order valence-corrected chi connectivity index (χ2v) is 8.65. The summed E-state index contributed by atoms with van der Waals surface area (Å²) < 4.78 is 4.58. The van der Waals surface area contributed by atoms with Crippen LogP contribution >= 0.6 is 0 Å². The van der Waals surface area contributed by atoms with E-state index in [-0.39, 0.29) is 12.2 Å². The highest BCUT2D eigenvalue weighted by Gasteiger charge is 2.56. The van der Waals surface area contributed by atoms with Crippen molar-refractivity contribution in [3.8, 4) is 5.75 Å². The van der Waals surface area contributed by atoms with E-state index in [1.54, 1.807) is 25.1 Å². The van der Waals surface area contributed by atoms with Crippen molar-refractivity contribution in [3.63, 3.8) is 0 Å². The van der Waals surface area contributed by atoms with E-state index in [4.69, 9.17) is 0 Å². The Balaban J connectivity index is 1.80. The molecule has 1 aliphatic heterocycles. The number of aliphatic hydroxyl groups excluding tert-OH is 2. The van der Waals surface area contributed by atoms with Gasteiger partial charge in [0.15, 0.2) is 0 Å². The molecule has 0 aromatic heterocycles. The van der Waals surface area contributed by atoms with Gasteiger partial charge in [-0.25, -0.2) is 4.79 Å². The molecule has 1 aliphatic carbocycles. The van der Waals surface area contributed by atoms with Crippen LogP contribution in [0.1, 0.15) is 45.1 Å². The Labute approximate surface area is 193 Å². The third kappa shape index (κ3) is 4.86. The molecule has 3 amide bonds. The minimum absolute atomic E-state index is 0.180. The average Bonchev–Trinajstić information content (AvgIpc) is 3.04. The minimum atomic E-state index is -1.03. The van der Waals surface area contributed by atoms with E-state index in [2.05, 4.69) is 4.74 Å². The Kier molecular flexibility index (Phi) is 7.71. The number of phenols is 1. The molecule has 1 saturated heterocycles. The summed E-state index contributed by atoms with van der Waals surface area (Å²) in [7, 11) is 1.10. The molecule has 8 nitrogen and oxygen atoms in total. The molecule has 1 heterocycles. The average molecular weight is 458 g/mol. The minimum Gasteiger partial charge on any atom is -0.508 e. The first kappa shape index (κ1) is 24.7. The predicted octanol–water partition coefficient (Wildman–Crippen LogP) is 3.02. The summed E-state index contributed by atoms with van der Waals surface area (Å²) in [5, 5.41) is 30.9. The molecule has 8 heteroatoms. The van der Waals surface area contributed by atoms with Crippen molar-refractivity contribution in [2.75, 3.05) is 13.7 Å². The fraction of sp³-hybridized carbons (Fsp3) is 0.480. The molecule has 2 aliphatic rings. The maximum atomic E-state index is 12.9. The number of amides is 3. The molecule has 1 aromatic rings. The van der Waals surface area contributed by atoms with E-state index in [1.807, 2.05) is 19.1 Å². The molecule has 0 saturated carbocycles. The number of rotatable bonds is 7. The van der Waals surface area contributed by atoms with Gasteiger partial charge in [0.1, 0.15) is 5.75 Å². The highest BCUT2D eigenvalue weighted by Crippen LogP contribution is 2.46. The summed E-state index contributed by atoms with van der Waals surface area (Å²) in [5.74, 6) is -3.52. The van der Waals surface area contributed by atoms with Gasteiger partial charge < -0.3 is 20.1 Å². The lowest BCUT2D eigenvalue weighted by atomic mass is 9.68. The fourth-order valence-corrected chi connectivity index (χ4v) is 5.07. The topological polar surface area (TPSA) is 124 Å². The fourth-order valence-electron chi connectivity index (χ4n) is 5.07. The molecule has 33 heavy (non-hydrogen) atoms. The van der Waals surface area contributed by atoms with Crippen molar-refractivity contribution in [2.45, 2.75) is 45.6 Å². The molecule has 1 fully saturated rings. The number of methoxy groups -OCH3 is 1. The quantitative estimate of drug-likeness (QED) is 0.425. The molecule has 0 unspecified atom stereocenters. The predicted molar refractivity (Wildman–Crippen MR) is 121 cm³/mol. The molecule has 1 aromatic carbocycles. The third-order valence-corrected chi connectivity index (χ3v) is 6.68. The number of nitrogens with zero attached hydrogens (tertiary/aromatic N) is 1. The monoisotopic (exact) mass is 457 g/mol. The number of phenolic OH excluding ortho intramolecular Hbond substituents is 1. The van der Waals surface area contributed by atoms with Gasteiger partial charge in [0.25, 0.3) is 0 Å². The van der Waals surface area contributed by atoms with Gasteiger partial charge >= 0.3 is 6.09 Å². The van der Waals surface area contributed by atoms with Gasteiger partial charge in [0.05, 0.1) is 31.7 Å². The molecule has 4 atom stereocenters. The number of aromatic hydroxyl groups is 1. The van der Waals surface area contributed by atoms with E-state index in [1.165, 1.54) is 0 Å². The number of hydrogen-bond acceptors (Lipinski definition) is 7. The second kappa shape index (κ2) is 10.3. The summed E-state index contributed by atoms with van der Waals surface area (Å²) in [6.45, 7) is 3.38. The van der Waals surface area contributed by atoms with E-state index in [9.17, 15) is 29.7 Å². The van der Waals surface area contributed by atoms with Crippen LogP contribution in [0.4, 0.5) is 4.79 Å². The standard InChI is InChI=1S/C25H31NO7/c1-4-15(11-16-6-5-7-17(28)12-16)8-9-20(29)21-14(2)10-18-22(19(21)13-27)24(31)26(23(18)30)25(32)33-3/h5-7,11-12,18-20,22,27-29H,4,8-10,13H2,1-3H3/b15-11+/t18-,19+,20-,22-/m1/s1.